The molecule has 1 unspecified atom stereocenters. The summed E-state index contributed by atoms with van der Waals surface area (Å²) in [6.07, 6.45) is 5.36. The van der Waals surface area contributed by atoms with Gasteiger partial charge < -0.3 is 14.7 Å². The molecule has 4 rings (SSSR count). The van der Waals surface area contributed by atoms with E-state index in [1.165, 1.54) is 0 Å². The molecule has 0 aromatic carbocycles. The van der Waals surface area contributed by atoms with Gasteiger partial charge in [-0.05, 0) is 31.9 Å². The van der Waals surface area contributed by atoms with Crippen LogP contribution in [-0.2, 0) is 11.8 Å². The third kappa shape index (κ3) is 3.97. The average Bonchev–Trinajstić information content (AvgIpc) is 3.36. The van der Waals surface area contributed by atoms with E-state index in [1.54, 1.807) is 24.0 Å². The molecule has 0 saturated carbocycles. The Hall–Kier alpha value is -2.90. The van der Waals surface area contributed by atoms with E-state index >= 15 is 0 Å². The molecule has 1 atom stereocenters. The van der Waals surface area contributed by atoms with Gasteiger partial charge in [0.2, 0.25) is 5.91 Å². The molecule has 0 spiro atoms. The number of hydrogen-bond acceptors (Lipinski definition) is 5. The van der Waals surface area contributed by atoms with Crippen molar-refractivity contribution in [2.24, 2.45) is 7.05 Å². The Labute approximate surface area is 171 Å². The Morgan fingerprint density at radius 3 is 2.52 bits per heavy atom. The monoisotopic (exact) mass is 396 g/mol. The molecule has 2 amide bonds. The second kappa shape index (κ2) is 7.85. The molecular formula is C21H28N6O2. The first kappa shape index (κ1) is 19.4. The summed E-state index contributed by atoms with van der Waals surface area (Å²) in [7, 11) is 1.82. The summed E-state index contributed by atoms with van der Waals surface area (Å²) in [5.74, 6) is 0.146. The van der Waals surface area contributed by atoms with Crippen LogP contribution in [-0.4, -0.2) is 69.1 Å². The van der Waals surface area contributed by atoms with Gasteiger partial charge in [-0.15, -0.1) is 0 Å². The van der Waals surface area contributed by atoms with Gasteiger partial charge in [-0.25, -0.2) is 0 Å². The van der Waals surface area contributed by atoms with Crippen molar-refractivity contribution in [1.82, 2.24) is 24.6 Å². The molecular weight excluding hydrogens is 368 g/mol. The number of carbonyl (C=O) groups excluding carboxylic acids is 2. The molecule has 2 aromatic rings. The number of carbonyl (C=O) groups is 2. The lowest BCUT2D eigenvalue weighted by Crippen LogP contribution is -2.48. The minimum Gasteiger partial charge on any atom is -0.368 e. The first-order valence-corrected chi connectivity index (χ1v) is 10.2. The van der Waals surface area contributed by atoms with E-state index in [4.69, 9.17) is 4.98 Å². The Morgan fingerprint density at radius 1 is 1.10 bits per heavy atom. The molecule has 154 valence electrons. The zero-order chi connectivity index (χ0) is 20.5. The number of nitrogens with zero attached hydrogens (tertiary/aromatic N) is 6. The molecule has 8 nitrogen and oxygen atoms in total. The molecule has 0 radical (unpaired) electrons. The first-order valence-electron chi connectivity index (χ1n) is 10.2. The standard InChI is InChI=1S/C21H28N6O2/c1-15-11-18(12-19(23-15)20-5-4-6-27(20)16(2)28)25-7-9-26(10-8-25)21(29)17-13-22-24(3)14-17/h11-14,20H,4-10H2,1-3H3. The van der Waals surface area contributed by atoms with E-state index in [9.17, 15) is 9.59 Å². The van der Waals surface area contributed by atoms with Crippen LogP contribution in [0.25, 0.3) is 0 Å². The van der Waals surface area contributed by atoms with Crippen LogP contribution in [0.1, 0.15) is 47.6 Å². The van der Waals surface area contributed by atoms with Gasteiger partial charge in [-0.2, -0.15) is 5.10 Å². The van der Waals surface area contributed by atoms with Crippen LogP contribution < -0.4 is 4.90 Å². The van der Waals surface area contributed by atoms with Gasteiger partial charge in [-0.1, -0.05) is 0 Å². The quantitative estimate of drug-likeness (QED) is 0.791. The molecule has 0 bridgehead atoms. The minimum atomic E-state index is 0.0346. The van der Waals surface area contributed by atoms with Crippen LogP contribution in [0, 0.1) is 6.92 Å². The lowest BCUT2D eigenvalue weighted by atomic mass is 10.1. The summed E-state index contributed by atoms with van der Waals surface area (Å²) in [6, 6.07) is 4.28. The van der Waals surface area contributed by atoms with Crippen LogP contribution in [0.5, 0.6) is 0 Å². The number of likely N-dealkylation sites (tertiary alicyclic amines) is 1. The van der Waals surface area contributed by atoms with Gasteiger partial charge in [0.25, 0.3) is 5.91 Å². The maximum absolute atomic E-state index is 12.6. The van der Waals surface area contributed by atoms with E-state index in [1.807, 2.05) is 23.8 Å². The summed E-state index contributed by atoms with van der Waals surface area (Å²) in [6.45, 7) is 7.34. The average molecular weight is 396 g/mol. The van der Waals surface area contributed by atoms with Gasteiger partial charge in [0.1, 0.15) is 0 Å². The fourth-order valence-electron chi connectivity index (χ4n) is 4.36. The van der Waals surface area contributed by atoms with E-state index in [2.05, 4.69) is 22.1 Å². The molecule has 4 heterocycles. The molecule has 2 aromatic heterocycles. The van der Waals surface area contributed by atoms with Gasteiger partial charge in [0.05, 0.1) is 23.5 Å². The second-order valence-electron chi connectivity index (χ2n) is 7.94. The number of aromatic nitrogens is 3. The Morgan fingerprint density at radius 2 is 1.86 bits per heavy atom. The van der Waals surface area contributed by atoms with Crippen LogP contribution in [0.4, 0.5) is 5.69 Å². The van der Waals surface area contributed by atoms with Crippen LogP contribution in [0.2, 0.25) is 0 Å². The number of hydrogen-bond donors (Lipinski definition) is 0. The number of rotatable bonds is 3. The van der Waals surface area contributed by atoms with Gasteiger partial charge in [0, 0.05) is 64.3 Å². The molecule has 0 aliphatic carbocycles. The molecule has 2 aliphatic heterocycles. The normalized spacial score (nSPS) is 19.7. The summed E-state index contributed by atoms with van der Waals surface area (Å²) in [5, 5.41) is 4.09. The molecule has 29 heavy (non-hydrogen) atoms. The van der Waals surface area contributed by atoms with E-state index in [0.29, 0.717) is 18.7 Å². The topological polar surface area (TPSA) is 74.6 Å². The number of piperazine rings is 1. The third-order valence-corrected chi connectivity index (χ3v) is 5.84. The Bertz CT molecular complexity index is 916. The van der Waals surface area contributed by atoms with Crippen LogP contribution in [0.3, 0.4) is 0 Å². The van der Waals surface area contributed by atoms with Crippen molar-refractivity contribution in [3.63, 3.8) is 0 Å². The lowest BCUT2D eigenvalue weighted by Gasteiger charge is -2.36. The van der Waals surface area contributed by atoms with E-state index < -0.39 is 0 Å². The maximum Gasteiger partial charge on any atom is 0.257 e. The highest BCUT2D eigenvalue weighted by atomic mass is 16.2. The number of amides is 2. The number of pyridine rings is 1. The summed E-state index contributed by atoms with van der Waals surface area (Å²) >= 11 is 0. The SMILES string of the molecule is CC(=O)N1CCCC1c1cc(N2CCN(C(=O)c3cnn(C)c3)CC2)cc(C)n1. The number of aryl methyl sites for hydroxylation is 2. The Kier molecular flexibility index (Phi) is 5.25. The first-order chi connectivity index (χ1) is 13.9. The smallest absolute Gasteiger partial charge is 0.257 e. The van der Waals surface area contributed by atoms with Crippen LogP contribution in [0.15, 0.2) is 24.5 Å². The van der Waals surface area contributed by atoms with Gasteiger partial charge in [-0.3, -0.25) is 19.3 Å². The third-order valence-electron chi connectivity index (χ3n) is 5.84. The molecule has 2 fully saturated rings. The van der Waals surface area contributed by atoms with Gasteiger partial charge >= 0.3 is 0 Å². The van der Waals surface area contributed by atoms with Crippen molar-refractivity contribution >= 4 is 17.5 Å². The summed E-state index contributed by atoms with van der Waals surface area (Å²) in [5.41, 5.74) is 3.69. The summed E-state index contributed by atoms with van der Waals surface area (Å²) in [4.78, 5) is 35.5. The molecule has 0 N–H and O–H groups in total. The van der Waals surface area contributed by atoms with Crippen molar-refractivity contribution < 1.29 is 9.59 Å². The van der Waals surface area contributed by atoms with Crippen molar-refractivity contribution in [3.8, 4) is 0 Å². The molecule has 2 aliphatic rings. The predicted octanol–water partition coefficient (Wildman–Crippen LogP) is 1.77. The largest absolute Gasteiger partial charge is 0.368 e. The van der Waals surface area contributed by atoms with Crippen LogP contribution >= 0.6 is 0 Å². The van der Waals surface area contributed by atoms with Crippen molar-refractivity contribution in [1.29, 1.82) is 0 Å². The van der Waals surface area contributed by atoms with Gasteiger partial charge in [0.15, 0.2) is 0 Å². The molecule has 8 heteroatoms. The van der Waals surface area contributed by atoms with Crippen molar-refractivity contribution in [2.75, 3.05) is 37.6 Å². The zero-order valence-electron chi connectivity index (χ0n) is 17.3. The van der Waals surface area contributed by atoms with Crippen molar-refractivity contribution in [2.45, 2.75) is 32.7 Å². The fraction of sp³-hybridized carbons (Fsp3) is 0.524. The maximum atomic E-state index is 12.6. The highest BCUT2D eigenvalue weighted by Crippen LogP contribution is 2.33. The summed E-state index contributed by atoms with van der Waals surface area (Å²) < 4.78 is 1.65. The zero-order valence-corrected chi connectivity index (χ0v) is 17.3. The number of anilines is 1. The second-order valence-corrected chi connectivity index (χ2v) is 7.94. The predicted molar refractivity (Wildman–Crippen MR) is 110 cm³/mol. The van der Waals surface area contributed by atoms with E-state index in [0.717, 1.165) is 49.6 Å². The highest BCUT2D eigenvalue weighted by Gasteiger charge is 2.30. The minimum absolute atomic E-state index is 0.0346. The van der Waals surface area contributed by atoms with E-state index in [-0.39, 0.29) is 17.9 Å². The fourth-order valence-corrected chi connectivity index (χ4v) is 4.36. The highest BCUT2D eigenvalue weighted by molar-refractivity contribution is 5.93. The Balaban J connectivity index is 1.46. The lowest BCUT2D eigenvalue weighted by molar-refractivity contribution is -0.129. The molecule has 2 saturated heterocycles. The van der Waals surface area contributed by atoms with Crippen molar-refractivity contribution in [3.05, 3.63) is 41.5 Å².